The molecule has 0 aromatic heterocycles. The summed E-state index contributed by atoms with van der Waals surface area (Å²) in [7, 11) is -3.86. The largest absolute Gasteiger partial charge is 0.326 e. The molecular weight excluding hydrogens is 366 g/mol. The van der Waals surface area contributed by atoms with Crippen molar-refractivity contribution in [3.8, 4) is 0 Å². The van der Waals surface area contributed by atoms with Gasteiger partial charge in [-0.25, -0.2) is 13.6 Å². The summed E-state index contributed by atoms with van der Waals surface area (Å²) in [5.41, 5.74) is 2.15. The second-order valence-corrected chi connectivity index (χ2v) is 7.77. The van der Waals surface area contributed by atoms with E-state index >= 15 is 0 Å². The monoisotopic (exact) mass is 385 g/mol. The molecule has 2 aromatic carbocycles. The van der Waals surface area contributed by atoms with Crippen molar-refractivity contribution >= 4 is 33.6 Å². The molecule has 0 unspecified atom stereocenters. The van der Waals surface area contributed by atoms with E-state index in [1.54, 1.807) is 12.3 Å². The van der Waals surface area contributed by atoms with Crippen LogP contribution in [0.25, 0.3) is 6.08 Å². The Kier molecular flexibility index (Phi) is 5.11. The average molecular weight is 385 g/mol. The van der Waals surface area contributed by atoms with Gasteiger partial charge in [0.05, 0.1) is 17.4 Å². The lowest BCUT2D eigenvalue weighted by molar-refractivity contribution is -0.129. The van der Waals surface area contributed by atoms with E-state index in [4.69, 9.17) is 5.14 Å². The number of nitrogens with one attached hydrogen (secondary N) is 1. The van der Waals surface area contributed by atoms with Crippen molar-refractivity contribution in [2.75, 3.05) is 5.32 Å². The third kappa shape index (κ3) is 4.24. The molecular formula is C19H19N3O4S. The van der Waals surface area contributed by atoms with Crippen molar-refractivity contribution in [2.24, 2.45) is 5.14 Å². The van der Waals surface area contributed by atoms with Crippen molar-refractivity contribution in [2.45, 2.75) is 24.3 Å². The fourth-order valence-electron chi connectivity index (χ4n) is 3.05. The summed E-state index contributed by atoms with van der Waals surface area (Å²) in [6.07, 6.45) is 3.53. The molecule has 1 atom stereocenters. The van der Waals surface area contributed by atoms with E-state index in [0.717, 1.165) is 11.1 Å². The second kappa shape index (κ2) is 7.34. The summed E-state index contributed by atoms with van der Waals surface area (Å²) >= 11 is 0. The van der Waals surface area contributed by atoms with Crippen LogP contribution in [0.3, 0.4) is 0 Å². The molecule has 8 heteroatoms. The normalized spacial score (nSPS) is 15.9. The zero-order chi connectivity index (χ0) is 19.6. The first-order chi connectivity index (χ1) is 12.8. The molecule has 0 saturated heterocycles. The predicted molar refractivity (Wildman–Crippen MR) is 102 cm³/mol. The highest BCUT2D eigenvalue weighted by molar-refractivity contribution is 7.89. The summed E-state index contributed by atoms with van der Waals surface area (Å²) < 4.78 is 22.9. The van der Waals surface area contributed by atoms with E-state index in [2.05, 4.69) is 5.32 Å². The maximum atomic E-state index is 12.6. The molecule has 1 heterocycles. The van der Waals surface area contributed by atoms with Gasteiger partial charge >= 0.3 is 0 Å². The molecule has 7 nitrogen and oxygen atoms in total. The molecule has 2 amide bonds. The maximum absolute atomic E-state index is 12.6. The number of hydrogen-bond donors (Lipinski definition) is 2. The number of nitrogens with two attached hydrogens (primary N) is 1. The van der Waals surface area contributed by atoms with Gasteiger partial charge in [0.2, 0.25) is 21.8 Å². The molecule has 3 N–H and O–H groups in total. The highest BCUT2D eigenvalue weighted by Gasteiger charge is 2.28. The molecule has 0 fully saturated rings. The fourth-order valence-corrected chi connectivity index (χ4v) is 3.61. The third-order valence-corrected chi connectivity index (χ3v) is 5.21. The Morgan fingerprint density at radius 1 is 1.15 bits per heavy atom. The van der Waals surface area contributed by atoms with Gasteiger partial charge in [0.25, 0.3) is 0 Å². The van der Waals surface area contributed by atoms with E-state index < -0.39 is 16.1 Å². The van der Waals surface area contributed by atoms with E-state index in [9.17, 15) is 18.0 Å². The maximum Gasteiger partial charge on any atom is 0.238 e. The van der Waals surface area contributed by atoms with Crippen molar-refractivity contribution in [1.82, 2.24) is 4.90 Å². The summed E-state index contributed by atoms with van der Waals surface area (Å²) in [5.74, 6) is -0.516. The molecule has 140 valence electrons. The van der Waals surface area contributed by atoms with Crippen molar-refractivity contribution in [3.05, 3.63) is 65.9 Å². The number of rotatable bonds is 4. The van der Waals surface area contributed by atoms with Gasteiger partial charge in [-0.3, -0.25) is 9.59 Å². The predicted octanol–water partition coefficient (Wildman–Crippen LogP) is 2.24. The quantitative estimate of drug-likeness (QED) is 0.841. The van der Waals surface area contributed by atoms with Gasteiger partial charge in [0.1, 0.15) is 0 Å². The summed E-state index contributed by atoms with van der Waals surface area (Å²) in [6, 6.07) is 12.8. The minimum Gasteiger partial charge on any atom is -0.326 e. The minimum atomic E-state index is -3.86. The van der Waals surface area contributed by atoms with Gasteiger partial charge in [0, 0.05) is 18.8 Å². The Hall–Kier alpha value is -2.97. The molecule has 0 bridgehead atoms. The van der Waals surface area contributed by atoms with Crippen molar-refractivity contribution in [1.29, 1.82) is 0 Å². The number of anilines is 1. The first kappa shape index (κ1) is 18.8. The standard InChI is InChI=1S/C19H19N3O4S/c1-13(23)22-10-9-14-5-2-3-8-17(14)18(22)12-19(24)21-15-6-4-7-16(11-15)27(20,25)26/h2-11,18H,12H2,1H3,(H,21,24)(H2,20,25,26)/t18-/m0/s1. The first-order valence-corrected chi connectivity index (χ1v) is 9.79. The Morgan fingerprint density at radius 2 is 1.89 bits per heavy atom. The number of benzene rings is 2. The van der Waals surface area contributed by atoms with Crippen LogP contribution in [0.4, 0.5) is 5.69 Å². The Labute approximate surface area is 157 Å². The fraction of sp³-hybridized carbons (Fsp3) is 0.158. The van der Waals surface area contributed by atoms with Crippen LogP contribution in [0.1, 0.15) is 30.5 Å². The number of primary sulfonamides is 1. The lowest BCUT2D eigenvalue weighted by Gasteiger charge is -2.32. The Balaban J connectivity index is 1.82. The number of nitrogens with zero attached hydrogens (tertiary/aromatic N) is 1. The van der Waals surface area contributed by atoms with E-state index in [0.29, 0.717) is 5.69 Å². The number of carbonyl (C=O) groups excluding carboxylic acids is 2. The van der Waals surface area contributed by atoms with Crippen LogP contribution in [0.15, 0.2) is 59.6 Å². The Morgan fingerprint density at radius 3 is 2.59 bits per heavy atom. The molecule has 27 heavy (non-hydrogen) atoms. The molecule has 1 aliphatic heterocycles. The molecule has 1 aliphatic rings. The van der Waals surface area contributed by atoms with Crippen LogP contribution in [-0.2, 0) is 19.6 Å². The van der Waals surface area contributed by atoms with Gasteiger partial charge in [-0.1, -0.05) is 30.3 Å². The summed E-state index contributed by atoms with van der Waals surface area (Å²) in [4.78, 5) is 26.0. The SMILES string of the molecule is CC(=O)N1C=Cc2ccccc2[C@@H]1CC(=O)Nc1cccc(S(N)(=O)=O)c1. The molecule has 0 spiro atoms. The van der Waals surface area contributed by atoms with E-state index in [1.165, 1.54) is 30.0 Å². The number of amides is 2. The lowest BCUT2D eigenvalue weighted by atomic mass is 9.93. The van der Waals surface area contributed by atoms with Gasteiger partial charge in [-0.05, 0) is 35.4 Å². The van der Waals surface area contributed by atoms with Gasteiger partial charge in [-0.15, -0.1) is 0 Å². The van der Waals surface area contributed by atoms with Crippen LogP contribution in [-0.4, -0.2) is 25.1 Å². The van der Waals surface area contributed by atoms with Crippen LogP contribution in [0, 0.1) is 0 Å². The molecule has 0 aliphatic carbocycles. The first-order valence-electron chi connectivity index (χ1n) is 8.24. The molecule has 2 aromatic rings. The van der Waals surface area contributed by atoms with Crippen LogP contribution in [0.5, 0.6) is 0 Å². The number of fused-ring (bicyclic) bond motifs is 1. The van der Waals surface area contributed by atoms with Crippen LogP contribution in [0.2, 0.25) is 0 Å². The smallest absolute Gasteiger partial charge is 0.238 e. The Bertz CT molecular complexity index is 1030. The lowest BCUT2D eigenvalue weighted by Crippen LogP contribution is -2.33. The van der Waals surface area contributed by atoms with E-state index in [-0.39, 0.29) is 23.1 Å². The number of sulfonamides is 1. The molecule has 0 radical (unpaired) electrons. The number of carbonyl (C=O) groups is 2. The van der Waals surface area contributed by atoms with Gasteiger partial charge in [-0.2, -0.15) is 0 Å². The highest BCUT2D eigenvalue weighted by Crippen LogP contribution is 2.33. The zero-order valence-electron chi connectivity index (χ0n) is 14.6. The minimum absolute atomic E-state index is 0.0283. The van der Waals surface area contributed by atoms with Crippen LogP contribution < -0.4 is 10.5 Å². The molecule has 0 saturated carbocycles. The number of hydrogen-bond acceptors (Lipinski definition) is 4. The van der Waals surface area contributed by atoms with Gasteiger partial charge < -0.3 is 10.2 Å². The zero-order valence-corrected chi connectivity index (χ0v) is 15.4. The highest BCUT2D eigenvalue weighted by atomic mass is 32.2. The topological polar surface area (TPSA) is 110 Å². The third-order valence-electron chi connectivity index (χ3n) is 4.29. The van der Waals surface area contributed by atoms with Crippen molar-refractivity contribution in [3.63, 3.8) is 0 Å². The second-order valence-electron chi connectivity index (χ2n) is 6.21. The van der Waals surface area contributed by atoms with Gasteiger partial charge in [0.15, 0.2) is 0 Å². The van der Waals surface area contributed by atoms with Crippen molar-refractivity contribution < 1.29 is 18.0 Å². The molecule has 3 rings (SSSR count). The van der Waals surface area contributed by atoms with Crippen LogP contribution >= 0.6 is 0 Å². The van der Waals surface area contributed by atoms with E-state index in [1.807, 2.05) is 30.3 Å². The summed E-state index contributed by atoms with van der Waals surface area (Å²) in [6.45, 7) is 1.44. The average Bonchev–Trinajstić information content (AvgIpc) is 2.61. The summed E-state index contributed by atoms with van der Waals surface area (Å²) in [5, 5.41) is 7.79.